The molecule has 0 amide bonds. The highest BCUT2D eigenvalue weighted by molar-refractivity contribution is 5.14. The fourth-order valence-corrected chi connectivity index (χ4v) is 3.98. The van der Waals surface area contributed by atoms with Gasteiger partial charge in [-0.1, -0.05) is 30.3 Å². The molecule has 0 aliphatic carbocycles. The molecule has 1 aromatic carbocycles. The van der Waals surface area contributed by atoms with Crippen molar-refractivity contribution < 1.29 is 0 Å². The van der Waals surface area contributed by atoms with Gasteiger partial charge in [0.1, 0.15) is 0 Å². The lowest BCUT2D eigenvalue weighted by molar-refractivity contribution is 0.0296. The summed E-state index contributed by atoms with van der Waals surface area (Å²) in [6.07, 6.45) is 2.62. The van der Waals surface area contributed by atoms with E-state index in [-0.39, 0.29) is 0 Å². The molecular weight excluding hydrogens is 258 g/mol. The second kappa shape index (κ2) is 6.91. The lowest BCUT2D eigenvalue weighted by atomic mass is 9.96. The van der Waals surface area contributed by atoms with Crippen LogP contribution in [0.2, 0.25) is 0 Å². The van der Waals surface area contributed by atoms with E-state index in [1.807, 2.05) is 0 Å². The number of nitrogens with one attached hydrogen (secondary N) is 1. The van der Waals surface area contributed by atoms with Gasteiger partial charge in [-0.05, 0) is 38.8 Å². The molecule has 3 unspecified atom stereocenters. The lowest BCUT2D eigenvalue weighted by Gasteiger charge is -2.46. The number of piperazine rings is 1. The number of nitrogens with zero attached hydrogens (tertiary/aromatic N) is 2. The van der Waals surface area contributed by atoms with Crippen LogP contribution in [0.5, 0.6) is 0 Å². The second-order valence-electron chi connectivity index (χ2n) is 6.84. The third-order valence-corrected chi connectivity index (χ3v) is 5.08. The van der Waals surface area contributed by atoms with Crippen LogP contribution in [0.1, 0.15) is 32.3 Å². The van der Waals surface area contributed by atoms with Crippen LogP contribution in [-0.2, 0) is 6.54 Å². The summed E-state index contributed by atoms with van der Waals surface area (Å²) in [7, 11) is 0. The summed E-state index contributed by atoms with van der Waals surface area (Å²) in [5.74, 6) is 0. The average Bonchev–Trinajstić information content (AvgIpc) is 2.48. The molecule has 0 radical (unpaired) electrons. The number of benzene rings is 1. The Balaban J connectivity index is 1.54. The maximum atomic E-state index is 3.57. The quantitative estimate of drug-likeness (QED) is 0.920. The van der Waals surface area contributed by atoms with Gasteiger partial charge in [-0.3, -0.25) is 9.80 Å². The Hall–Kier alpha value is -0.900. The van der Waals surface area contributed by atoms with E-state index in [1.54, 1.807) is 0 Å². The Labute approximate surface area is 129 Å². The van der Waals surface area contributed by atoms with Crippen LogP contribution in [0.15, 0.2) is 30.3 Å². The maximum absolute atomic E-state index is 3.57. The summed E-state index contributed by atoms with van der Waals surface area (Å²) in [6, 6.07) is 13.0. The molecule has 116 valence electrons. The van der Waals surface area contributed by atoms with Gasteiger partial charge in [0.05, 0.1) is 0 Å². The number of hydrogen-bond acceptors (Lipinski definition) is 3. The number of rotatable bonds is 3. The summed E-state index contributed by atoms with van der Waals surface area (Å²) in [5, 5.41) is 3.57. The number of piperidine rings is 1. The molecule has 2 saturated heterocycles. The van der Waals surface area contributed by atoms with Crippen LogP contribution in [0.4, 0.5) is 0 Å². The normalized spacial score (nSPS) is 32.2. The van der Waals surface area contributed by atoms with Crippen LogP contribution in [0.25, 0.3) is 0 Å². The predicted molar refractivity (Wildman–Crippen MR) is 88.4 cm³/mol. The van der Waals surface area contributed by atoms with E-state index in [9.17, 15) is 0 Å². The third kappa shape index (κ3) is 3.85. The zero-order valence-electron chi connectivity index (χ0n) is 13.5. The molecule has 3 rings (SSSR count). The van der Waals surface area contributed by atoms with Gasteiger partial charge in [-0.25, -0.2) is 0 Å². The molecule has 0 spiro atoms. The van der Waals surface area contributed by atoms with Crippen LogP contribution < -0.4 is 5.32 Å². The third-order valence-electron chi connectivity index (χ3n) is 5.08. The minimum absolute atomic E-state index is 0.678. The zero-order chi connectivity index (χ0) is 14.7. The first-order chi connectivity index (χ1) is 10.2. The number of hydrogen-bond donors (Lipinski definition) is 1. The van der Waals surface area contributed by atoms with Gasteiger partial charge < -0.3 is 5.32 Å². The summed E-state index contributed by atoms with van der Waals surface area (Å²) in [6.45, 7) is 10.6. The summed E-state index contributed by atoms with van der Waals surface area (Å²) in [5.41, 5.74) is 1.44. The molecule has 0 aromatic heterocycles. The largest absolute Gasteiger partial charge is 0.314 e. The van der Waals surface area contributed by atoms with Crippen molar-refractivity contribution in [3.8, 4) is 0 Å². The van der Waals surface area contributed by atoms with E-state index in [4.69, 9.17) is 0 Å². The molecular formula is C18H29N3. The van der Waals surface area contributed by atoms with Crippen LogP contribution in [-0.4, -0.2) is 54.1 Å². The standard InChI is InChI=1S/C18H29N3/c1-15-12-18(8-9-19-15)21-11-10-20(13-16(21)2)14-17-6-4-3-5-7-17/h3-7,15-16,18-19H,8-14H2,1-2H3. The molecule has 2 heterocycles. The topological polar surface area (TPSA) is 18.5 Å². The average molecular weight is 287 g/mol. The van der Waals surface area contributed by atoms with Gasteiger partial charge >= 0.3 is 0 Å². The van der Waals surface area contributed by atoms with Crippen molar-refractivity contribution in [3.63, 3.8) is 0 Å². The van der Waals surface area contributed by atoms with Gasteiger partial charge in [0.2, 0.25) is 0 Å². The first kappa shape index (κ1) is 15.0. The molecule has 2 aliphatic rings. The summed E-state index contributed by atoms with van der Waals surface area (Å²) < 4.78 is 0. The lowest BCUT2D eigenvalue weighted by Crippen LogP contribution is -2.57. The first-order valence-electron chi connectivity index (χ1n) is 8.48. The Bertz CT molecular complexity index is 433. The molecule has 3 atom stereocenters. The fraction of sp³-hybridized carbons (Fsp3) is 0.667. The Morgan fingerprint density at radius 1 is 1.14 bits per heavy atom. The van der Waals surface area contributed by atoms with Crippen molar-refractivity contribution in [1.82, 2.24) is 15.1 Å². The highest BCUT2D eigenvalue weighted by atomic mass is 15.3. The van der Waals surface area contributed by atoms with Gasteiger partial charge in [0.25, 0.3) is 0 Å². The Kier molecular flexibility index (Phi) is 4.94. The van der Waals surface area contributed by atoms with Gasteiger partial charge in [-0.2, -0.15) is 0 Å². The molecule has 21 heavy (non-hydrogen) atoms. The van der Waals surface area contributed by atoms with E-state index >= 15 is 0 Å². The van der Waals surface area contributed by atoms with Gasteiger partial charge in [0.15, 0.2) is 0 Å². The monoisotopic (exact) mass is 287 g/mol. The fourth-order valence-electron chi connectivity index (χ4n) is 3.98. The van der Waals surface area contributed by atoms with E-state index in [2.05, 4.69) is 59.3 Å². The molecule has 0 bridgehead atoms. The van der Waals surface area contributed by atoms with Crippen LogP contribution >= 0.6 is 0 Å². The molecule has 2 fully saturated rings. The minimum atomic E-state index is 0.678. The smallest absolute Gasteiger partial charge is 0.0234 e. The van der Waals surface area contributed by atoms with Crippen LogP contribution in [0, 0.1) is 0 Å². The zero-order valence-corrected chi connectivity index (χ0v) is 13.5. The van der Waals surface area contributed by atoms with E-state index in [0.717, 1.165) is 12.6 Å². The maximum Gasteiger partial charge on any atom is 0.0234 e. The van der Waals surface area contributed by atoms with E-state index in [1.165, 1.54) is 44.6 Å². The van der Waals surface area contributed by atoms with Crippen molar-refractivity contribution >= 4 is 0 Å². The minimum Gasteiger partial charge on any atom is -0.314 e. The molecule has 0 saturated carbocycles. The highest BCUT2D eigenvalue weighted by Gasteiger charge is 2.31. The van der Waals surface area contributed by atoms with Crippen molar-refractivity contribution in [2.45, 2.75) is 51.4 Å². The van der Waals surface area contributed by atoms with Crippen molar-refractivity contribution in [3.05, 3.63) is 35.9 Å². The first-order valence-corrected chi connectivity index (χ1v) is 8.48. The van der Waals surface area contributed by atoms with E-state index in [0.29, 0.717) is 12.1 Å². The highest BCUT2D eigenvalue weighted by Crippen LogP contribution is 2.22. The Morgan fingerprint density at radius 2 is 1.95 bits per heavy atom. The molecule has 1 N–H and O–H groups in total. The van der Waals surface area contributed by atoms with Gasteiger partial charge in [0, 0.05) is 44.3 Å². The summed E-state index contributed by atoms with van der Waals surface area (Å²) >= 11 is 0. The molecule has 3 nitrogen and oxygen atoms in total. The molecule has 1 aromatic rings. The van der Waals surface area contributed by atoms with Crippen molar-refractivity contribution in [2.24, 2.45) is 0 Å². The van der Waals surface area contributed by atoms with Gasteiger partial charge in [-0.15, -0.1) is 0 Å². The van der Waals surface area contributed by atoms with Crippen molar-refractivity contribution in [1.29, 1.82) is 0 Å². The second-order valence-corrected chi connectivity index (χ2v) is 6.84. The summed E-state index contributed by atoms with van der Waals surface area (Å²) in [4.78, 5) is 5.37. The Morgan fingerprint density at radius 3 is 2.67 bits per heavy atom. The van der Waals surface area contributed by atoms with Crippen LogP contribution in [0.3, 0.4) is 0 Å². The SMILES string of the molecule is CC1CC(N2CCN(Cc3ccccc3)CC2C)CCN1. The van der Waals surface area contributed by atoms with E-state index < -0.39 is 0 Å². The van der Waals surface area contributed by atoms with Crippen molar-refractivity contribution in [2.75, 3.05) is 26.2 Å². The predicted octanol–water partition coefficient (Wildman–Crippen LogP) is 2.33. The molecule has 2 aliphatic heterocycles. The molecule has 3 heteroatoms.